The maximum Gasteiger partial charge on any atom is 0.184 e. The largest absolute Gasteiger partial charge is 0.454 e. The van der Waals surface area contributed by atoms with Crippen LogP contribution in [-0.4, -0.2) is 6.54 Å². The van der Waals surface area contributed by atoms with Gasteiger partial charge in [-0.25, -0.2) is 4.39 Å². The van der Waals surface area contributed by atoms with E-state index in [1.165, 1.54) is 12.1 Å². The van der Waals surface area contributed by atoms with Crippen molar-refractivity contribution in [2.45, 2.75) is 13.5 Å². The van der Waals surface area contributed by atoms with Crippen LogP contribution in [0.2, 0.25) is 10.0 Å². The minimum absolute atomic E-state index is 0.0253. The number of hydrogen-bond donors (Lipinski definition) is 1. The van der Waals surface area contributed by atoms with Crippen LogP contribution >= 0.6 is 23.2 Å². The molecule has 0 fully saturated rings. The molecule has 0 radical (unpaired) electrons. The molecule has 0 saturated heterocycles. The van der Waals surface area contributed by atoms with Gasteiger partial charge in [0.2, 0.25) is 0 Å². The molecule has 0 aromatic heterocycles. The summed E-state index contributed by atoms with van der Waals surface area (Å²) in [5, 5.41) is 3.79. The van der Waals surface area contributed by atoms with Crippen molar-refractivity contribution >= 4 is 23.2 Å². The molecule has 20 heavy (non-hydrogen) atoms. The van der Waals surface area contributed by atoms with Gasteiger partial charge in [0, 0.05) is 11.6 Å². The molecule has 0 atom stereocenters. The number of rotatable bonds is 5. The van der Waals surface area contributed by atoms with E-state index in [4.69, 9.17) is 27.9 Å². The lowest BCUT2D eigenvalue weighted by Crippen LogP contribution is -2.11. The first-order valence-corrected chi connectivity index (χ1v) is 6.98. The van der Waals surface area contributed by atoms with Crippen LogP contribution in [0.25, 0.3) is 0 Å². The number of halogens is 3. The maximum absolute atomic E-state index is 13.7. The summed E-state index contributed by atoms with van der Waals surface area (Å²) in [6.07, 6.45) is 0. The molecule has 2 nitrogen and oxygen atoms in total. The molecule has 1 N–H and O–H groups in total. The Balaban J connectivity index is 2.18. The van der Waals surface area contributed by atoms with Crippen molar-refractivity contribution in [2.24, 2.45) is 0 Å². The molecule has 0 aliphatic heterocycles. The van der Waals surface area contributed by atoms with Gasteiger partial charge in [0.15, 0.2) is 11.6 Å². The van der Waals surface area contributed by atoms with E-state index in [9.17, 15) is 4.39 Å². The molecule has 0 aliphatic carbocycles. The van der Waals surface area contributed by atoms with Crippen LogP contribution in [0.3, 0.4) is 0 Å². The number of nitrogens with one attached hydrogen (secondary N) is 1. The van der Waals surface area contributed by atoms with Gasteiger partial charge in [-0.1, -0.05) is 42.3 Å². The van der Waals surface area contributed by atoms with Crippen LogP contribution in [0.15, 0.2) is 36.4 Å². The lowest BCUT2D eigenvalue weighted by Gasteiger charge is -2.10. The highest BCUT2D eigenvalue weighted by Gasteiger charge is 2.09. The molecule has 106 valence electrons. The second-order valence-corrected chi connectivity index (χ2v) is 5.00. The zero-order valence-electron chi connectivity index (χ0n) is 10.9. The summed E-state index contributed by atoms with van der Waals surface area (Å²) >= 11 is 11.9. The monoisotopic (exact) mass is 313 g/mol. The van der Waals surface area contributed by atoms with Crippen LogP contribution in [0, 0.1) is 5.82 Å². The number of hydrogen-bond acceptors (Lipinski definition) is 2. The van der Waals surface area contributed by atoms with E-state index in [0.29, 0.717) is 17.3 Å². The zero-order valence-corrected chi connectivity index (χ0v) is 12.4. The number of benzene rings is 2. The molecule has 2 rings (SSSR count). The highest BCUT2D eigenvalue weighted by Crippen LogP contribution is 2.30. The normalized spacial score (nSPS) is 10.6. The minimum atomic E-state index is -0.581. The van der Waals surface area contributed by atoms with Crippen LogP contribution in [-0.2, 0) is 6.54 Å². The highest BCUT2D eigenvalue weighted by molar-refractivity contribution is 6.31. The Morgan fingerprint density at radius 1 is 1.15 bits per heavy atom. The Labute approximate surface area is 127 Å². The fourth-order valence-electron chi connectivity index (χ4n) is 1.68. The van der Waals surface area contributed by atoms with Gasteiger partial charge in [-0.2, -0.15) is 0 Å². The molecule has 0 heterocycles. The van der Waals surface area contributed by atoms with Crippen molar-refractivity contribution < 1.29 is 9.13 Å². The summed E-state index contributed by atoms with van der Waals surface area (Å²) in [5.41, 5.74) is 0.965. The minimum Gasteiger partial charge on any atom is -0.454 e. The van der Waals surface area contributed by atoms with Crippen molar-refractivity contribution in [3.05, 3.63) is 57.8 Å². The Morgan fingerprint density at radius 3 is 2.65 bits per heavy atom. The molecule has 5 heteroatoms. The molecular weight excluding hydrogens is 300 g/mol. The summed E-state index contributed by atoms with van der Waals surface area (Å²) < 4.78 is 19.2. The van der Waals surface area contributed by atoms with E-state index in [0.717, 1.165) is 12.1 Å². The summed E-state index contributed by atoms with van der Waals surface area (Å²) in [7, 11) is 0. The van der Waals surface area contributed by atoms with Crippen LogP contribution in [0.5, 0.6) is 11.5 Å². The molecule has 0 aliphatic rings. The third kappa shape index (κ3) is 3.63. The summed E-state index contributed by atoms with van der Waals surface area (Å²) in [5.74, 6) is -0.0357. The quantitative estimate of drug-likeness (QED) is 0.835. The van der Waals surface area contributed by atoms with Gasteiger partial charge in [0.1, 0.15) is 5.75 Å². The fourth-order valence-corrected chi connectivity index (χ4v) is 2.09. The van der Waals surface area contributed by atoms with Crippen LogP contribution < -0.4 is 10.1 Å². The lowest BCUT2D eigenvalue weighted by atomic mass is 10.2. The summed E-state index contributed by atoms with van der Waals surface area (Å²) in [4.78, 5) is 0. The average Bonchev–Trinajstić information content (AvgIpc) is 2.43. The van der Waals surface area contributed by atoms with E-state index in [-0.39, 0.29) is 10.8 Å². The van der Waals surface area contributed by atoms with Gasteiger partial charge >= 0.3 is 0 Å². The van der Waals surface area contributed by atoms with E-state index < -0.39 is 5.82 Å². The first kappa shape index (κ1) is 15.1. The number of ether oxygens (including phenoxy) is 1. The summed E-state index contributed by atoms with van der Waals surface area (Å²) in [6.45, 7) is 3.57. The van der Waals surface area contributed by atoms with Crippen molar-refractivity contribution in [2.75, 3.05) is 6.54 Å². The first-order valence-electron chi connectivity index (χ1n) is 6.23. The smallest absolute Gasteiger partial charge is 0.184 e. The molecule has 0 amide bonds. The third-order valence-corrected chi connectivity index (χ3v) is 3.38. The van der Waals surface area contributed by atoms with Gasteiger partial charge in [0.05, 0.1) is 5.02 Å². The average molecular weight is 314 g/mol. The van der Waals surface area contributed by atoms with E-state index in [2.05, 4.69) is 5.32 Å². The van der Waals surface area contributed by atoms with Gasteiger partial charge in [-0.05, 0) is 36.4 Å². The van der Waals surface area contributed by atoms with Gasteiger partial charge < -0.3 is 10.1 Å². The van der Waals surface area contributed by atoms with E-state index >= 15 is 0 Å². The van der Waals surface area contributed by atoms with Crippen molar-refractivity contribution in [3.63, 3.8) is 0 Å². The lowest BCUT2D eigenvalue weighted by molar-refractivity contribution is 0.442. The predicted octanol–water partition coefficient (Wildman–Crippen LogP) is 5.03. The Hall–Kier alpha value is -1.29. The van der Waals surface area contributed by atoms with Crippen molar-refractivity contribution in [1.82, 2.24) is 5.32 Å². The van der Waals surface area contributed by atoms with E-state index in [1.54, 1.807) is 18.2 Å². The Morgan fingerprint density at radius 2 is 1.95 bits per heavy atom. The van der Waals surface area contributed by atoms with E-state index in [1.807, 2.05) is 13.0 Å². The first-order chi connectivity index (χ1) is 9.61. The SMILES string of the molecule is CCNCc1ccc(Oc2cccc(Cl)c2F)cc1Cl. The van der Waals surface area contributed by atoms with Crippen LogP contribution in [0.4, 0.5) is 4.39 Å². The second-order valence-electron chi connectivity index (χ2n) is 4.19. The fraction of sp³-hybridized carbons (Fsp3) is 0.200. The molecule has 2 aromatic carbocycles. The predicted molar refractivity (Wildman–Crippen MR) is 80.3 cm³/mol. The highest BCUT2D eigenvalue weighted by atomic mass is 35.5. The molecule has 0 spiro atoms. The van der Waals surface area contributed by atoms with Crippen LogP contribution in [0.1, 0.15) is 12.5 Å². The van der Waals surface area contributed by atoms with Gasteiger partial charge in [-0.3, -0.25) is 0 Å². The van der Waals surface area contributed by atoms with Gasteiger partial charge in [0.25, 0.3) is 0 Å². The Kier molecular flexibility index (Phi) is 5.24. The maximum atomic E-state index is 13.7. The second kappa shape index (κ2) is 6.93. The summed E-state index contributed by atoms with van der Waals surface area (Å²) in [6, 6.07) is 9.87. The molecule has 2 aromatic rings. The molecule has 0 saturated carbocycles. The standard InChI is InChI=1S/C15H14Cl2FNO/c1-2-19-9-10-6-7-11(8-13(10)17)20-14-5-3-4-12(16)15(14)18/h3-8,19H,2,9H2,1H3. The van der Waals surface area contributed by atoms with Gasteiger partial charge in [-0.15, -0.1) is 0 Å². The molecule has 0 bridgehead atoms. The molecule has 0 unspecified atom stereocenters. The molecular formula is C15H14Cl2FNO. The Bertz CT molecular complexity index is 604. The third-order valence-electron chi connectivity index (χ3n) is 2.73. The zero-order chi connectivity index (χ0) is 14.5. The van der Waals surface area contributed by atoms with Crippen molar-refractivity contribution in [1.29, 1.82) is 0 Å². The van der Waals surface area contributed by atoms with Crippen molar-refractivity contribution in [3.8, 4) is 11.5 Å². The topological polar surface area (TPSA) is 21.3 Å².